The molecule has 0 saturated carbocycles. The smallest absolute Gasteiger partial charge is 0.191 e. The fourth-order valence-electron chi connectivity index (χ4n) is 4.36. The molecule has 1 aromatic rings. The molecule has 0 amide bonds. The standard InChI is InChI=1S/C22H37N5O/c1-4-12-26-13-10-19(11-14-26)25-22(23-2)24-16-18-9-15-27(17-18)20-7-5-6-8-21(20)28-3/h5-8,18-19H,4,9-17H2,1-3H3,(H2,23,24,25). The lowest BCUT2D eigenvalue weighted by atomic mass is 10.1. The topological polar surface area (TPSA) is 52.1 Å². The lowest BCUT2D eigenvalue weighted by Crippen LogP contribution is -2.49. The molecule has 0 aliphatic carbocycles. The molecule has 2 heterocycles. The first-order valence-corrected chi connectivity index (χ1v) is 10.8. The number of para-hydroxylation sites is 2. The van der Waals surface area contributed by atoms with E-state index in [4.69, 9.17) is 4.74 Å². The number of rotatable bonds is 7. The summed E-state index contributed by atoms with van der Waals surface area (Å²) < 4.78 is 5.53. The lowest BCUT2D eigenvalue weighted by Gasteiger charge is -2.33. The number of anilines is 1. The number of guanidine groups is 1. The van der Waals surface area contributed by atoms with Gasteiger partial charge in [-0.15, -0.1) is 0 Å². The SMILES string of the molecule is CCCN1CCC(NC(=NC)NCC2CCN(c3ccccc3OC)C2)CC1. The molecule has 1 aromatic carbocycles. The van der Waals surface area contributed by atoms with Gasteiger partial charge in [-0.25, -0.2) is 0 Å². The minimum absolute atomic E-state index is 0.535. The highest BCUT2D eigenvalue weighted by molar-refractivity contribution is 5.80. The van der Waals surface area contributed by atoms with Gasteiger partial charge in [0.1, 0.15) is 5.75 Å². The highest BCUT2D eigenvalue weighted by atomic mass is 16.5. The highest BCUT2D eigenvalue weighted by Gasteiger charge is 2.25. The number of ether oxygens (including phenoxy) is 1. The molecule has 0 spiro atoms. The van der Waals surface area contributed by atoms with E-state index in [1.807, 2.05) is 19.2 Å². The quantitative estimate of drug-likeness (QED) is 0.556. The minimum Gasteiger partial charge on any atom is -0.495 e. The van der Waals surface area contributed by atoms with Gasteiger partial charge in [-0.1, -0.05) is 19.1 Å². The molecule has 6 nitrogen and oxygen atoms in total. The van der Waals surface area contributed by atoms with Gasteiger partial charge in [-0.05, 0) is 50.3 Å². The molecule has 156 valence electrons. The molecule has 1 unspecified atom stereocenters. The van der Waals surface area contributed by atoms with Crippen LogP contribution >= 0.6 is 0 Å². The van der Waals surface area contributed by atoms with Gasteiger partial charge in [-0.3, -0.25) is 4.99 Å². The Kier molecular flexibility index (Phi) is 7.83. The second-order valence-electron chi connectivity index (χ2n) is 7.99. The zero-order valence-corrected chi connectivity index (χ0v) is 17.8. The van der Waals surface area contributed by atoms with Crippen molar-refractivity contribution in [3.8, 4) is 5.75 Å². The maximum absolute atomic E-state index is 5.53. The largest absolute Gasteiger partial charge is 0.495 e. The van der Waals surface area contributed by atoms with Gasteiger partial charge in [0.2, 0.25) is 0 Å². The molecule has 2 aliphatic heterocycles. The van der Waals surface area contributed by atoms with Crippen molar-refractivity contribution in [1.82, 2.24) is 15.5 Å². The summed E-state index contributed by atoms with van der Waals surface area (Å²) in [5, 5.41) is 7.20. The normalized spacial score (nSPS) is 21.8. The number of hydrogen-bond acceptors (Lipinski definition) is 4. The van der Waals surface area contributed by atoms with Gasteiger partial charge < -0.3 is 25.2 Å². The average Bonchev–Trinajstić information content (AvgIpc) is 3.21. The maximum Gasteiger partial charge on any atom is 0.191 e. The fraction of sp³-hybridized carbons (Fsp3) is 0.682. The fourth-order valence-corrected chi connectivity index (χ4v) is 4.36. The molecule has 2 aliphatic rings. The third kappa shape index (κ3) is 5.53. The number of methoxy groups -OCH3 is 1. The predicted molar refractivity (Wildman–Crippen MR) is 118 cm³/mol. The van der Waals surface area contributed by atoms with Gasteiger partial charge in [0.15, 0.2) is 5.96 Å². The van der Waals surface area contributed by atoms with Crippen LogP contribution in [0.4, 0.5) is 5.69 Å². The summed E-state index contributed by atoms with van der Waals surface area (Å²) >= 11 is 0. The van der Waals surface area contributed by atoms with Crippen LogP contribution in [0.15, 0.2) is 29.3 Å². The summed E-state index contributed by atoms with van der Waals surface area (Å²) in [5.41, 5.74) is 1.20. The molecule has 1 atom stereocenters. The number of nitrogens with zero attached hydrogens (tertiary/aromatic N) is 3. The van der Waals surface area contributed by atoms with E-state index in [-0.39, 0.29) is 0 Å². The number of hydrogen-bond donors (Lipinski definition) is 2. The lowest BCUT2D eigenvalue weighted by molar-refractivity contribution is 0.206. The Balaban J connectivity index is 1.42. The van der Waals surface area contributed by atoms with Gasteiger partial charge in [0, 0.05) is 45.8 Å². The monoisotopic (exact) mass is 387 g/mol. The summed E-state index contributed by atoms with van der Waals surface area (Å²) in [6.45, 7) is 8.96. The van der Waals surface area contributed by atoms with Gasteiger partial charge in [0.25, 0.3) is 0 Å². The van der Waals surface area contributed by atoms with Gasteiger partial charge >= 0.3 is 0 Å². The van der Waals surface area contributed by atoms with Crippen molar-refractivity contribution < 1.29 is 4.74 Å². The van der Waals surface area contributed by atoms with Crippen LogP contribution in [0.2, 0.25) is 0 Å². The molecule has 6 heteroatoms. The molecule has 0 aromatic heterocycles. The van der Waals surface area contributed by atoms with Crippen molar-refractivity contribution in [2.75, 3.05) is 58.3 Å². The summed E-state index contributed by atoms with van der Waals surface area (Å²) in [6.07, 6.45) is 4.84. The minimum atomic E-state index is 0.535. The van der Waals surface area contributed by atoms with E-state index in [0.717, 1.165) is 31.3 Å². The van der Waals surface area contributed by atoms with Crippen molar-refractivity contribution in [3.63, 3.8) is 0 Å². The third-order valence-electron chi connectivity index (χ3n) is 5.96. The Morgan fingerprint density at radius 1 is 1.18 bits per heavy atom. The Hall–Kier alpha value is -1.95. The van der Waals surface area contributed by atoms with Crippen molar-refractivity contribution in [3.05, 3.63) is 24.3 Å². The molecule has 2 fully saturated rings. The van der Waals surface area contributed by atoms with Crippen molar-refractivity contribution in [2.24, 2.45) is 10.9 Å². The van der Waals surface area contributed by atoms with E-state index in [1.54, 1.807) is 7.11 Å². The Labute approximate surface area is 170 Å². The first-order chi connectivity index (χ1) is 13.7. The number of aliphatic imine (C=N–C) groups is 1. The van der Waals surface area contributed by atoms with Crippen LogP contribution in [-0.4, -0.2) is 70.3 Å². The van der Waals surface area contributed by atoms with Crippen LogP contribution in [-0.2, 0) is 0 Å². The molecular weight excluding hydrogens is 350 g/mol. The zero-order valence-electron chi connectivity index (χ0n) is 17.8. The molecule has 28 heavy (non-hydrogen) atoms. The second-order valence-corrected chi connectivity index (χ2v) is 7.99. The Morgan fingerprint density at radius 2 is 1.96 bits per heavy atom. The molecular formula is C22H37N5O. The van der Waals surface area contributed by atoms with Crippen LogP contribution in [0, 0.1) is 5.92 Å². The number of likely N-dealkylation sites (tertiary alicyclic amines) is 1. The van der Waals surface area contributed by atoms with Crippen LogP contribution in [0.5, 0.6) is 5.75 Å². The van der Waals surface area contributed by atoms with Gasteiger partial charge in [0.05, 0.1) is 12.8 Å². The Morgan fingerprint density at radius 3 is 2.68 bits per heavy atom. The van der Waals surface area contributed by atoms with Crippen LogP contribution in [0.1, 0.15) is 32.6 Å². The summed E-state index contributed by atoms with van der Waals surface area (Å²) in [4.78, 5) is 9.45. The summed E-state index contributed by atoms with van der Waals surface area (Å²) in [6, 6.07) is 8.84. The molecule has 2 saturated heterocycles. The van der Waals surface area contributed by atoms with E-state index in [9.17, 15) is 0 Å². The van der Waals surface area contributed by atoms with E-state index in [0.29, 0.717) is 12.0 Å². The molecule has 0 radical (unpaired) electrons. The van der Waals surface area contributed by atoms with Crippen LogP contribution in [0.3, 0.4) is 0 Å². The summed E-state index contributed by atoms with van der Waals surface area (Å²) in [7, 11) is 3.62. The summed E-state index contributed by atoms with van der Waals surface area (Å²) in [5.74, 6) is 2.53. The van der Waals surface area contributed by atoms with Crippen LogP contribution < -0.4 is 20.3 Å². The van der Waals surface area contributed by atoms with Crippen LogP contribution in [0.25, 0.3) is 0 Å². The first-order valence-electron chi connectivity index (χ1n) is 10.8. The van der Waals surface area contributed by atoms with E-state index in [1.165, 1.54) is 51.0 Å². The highest BCUT2D eigenvalue weighted by Crippen LogP contribution is 2.31. The van der Waals surface area contributed by atoms with Crippen molar-refractivity contribution in [1.29, 1.82) is 0 Å². The number of piperidine rings is 1. The zero-order chi connectivity index (χ0) is 19.8. The molecule has 2 N–H and O–H groups in total. The molecule has 0 bridgehead atoms. The third-order valence-corrected chi connectivity index (χ3v) is 5.96. The average molecular weight is 388 g/mol. The Bertz CT molecular complexity index is 627. The number of nitrogens with one attached hydrogen (secondary N) is 2. The molecule has 3 rings (SSSR count). The van der Waals surface area contributed by atoms with Crippen molar-refractivity contribution in [2.45, 2.75) is 38.6 Å². The second kappa shape index (κ2) is 10.6. The van der Waals surface area contributed by atoms with E-state index < -0.39 is 0 Å². The first kappa shape index (κ1) is 20.8. The predicted octanol–water partition coefficient (Wildman–Crippen LogP) is 2.56. The van der Waals surface area contributed by atoms with Gasteiger partial charge in [-0.2, -0.15) is 0 Å². The number of benzene rings is 1. The van der Waals surface area contributed by atoms with Crippen molar-refractivity contribution >= 4 is 11.6 Å². The van der Waals surface area contributed by atoms with E-state index >= 15 is 0 Å². The maximum atomic E-state index is 5.53. The van der Waals surface area contributed by atoms with E-state index in [2.05, 4.69) is 44.5 Å².